The standard InChI is InChI=1S/C13H12N2O4/c1-19-8-12(16)14-13-10-5-3-2-4-9(10)6-7-11(13)15(17)18/h2-7H,8H2,1H3,(H,14,16). The molecule has 19 heavy (non-hydrogen) atoms. The average Bonchev–Trinajstić information content (AvgIpc) is 2.39. The molecule has 2 aromatic carbocycles. The molecule has 0 unspecified atom stereocenters. The van der Waals surface area contributed by atoms with Gasteiger partial charge >= 0.3 is 0 Å². The summed E-state index contributed by atoms with van der Waals surface area (Å²) in [6.45, 7) is -0.152. The van der Waals surface area contributed by atoms with Gasteiger partial charge in [0.1, 0.15) is 12.3 Å². The number of nitro benzene ring substituents is 1. The van der Waals surface area contributed by atoms with Crippen LogP contribution in [0.5, 0.6) is 0 Å². The molecule has 0 radical (unpaired) electrons. The molecule has 2 rings (SSSR count). The third kappa shape index (κ3) is 2.69. The lowest BCUT2D eigenvalue weighted by Crippen LogP contribution is -2.18. The molecule has 0 spiro atoms. The first kappa shape index (κ1) is 13.0. The first-order chi connectivity index (χ1) is 9.13. The van der Waals surface area contributed by atoms with Gasteiger partial charge in [-0.15, -0.1) is 0 Å². The number of benzene rings is 2. The number of carbonyl (C=O) groups excluding carboxylic acids is 1. The molecule has 1 N–H and O–H groups in total. The summed E-state index contributed by atoms with van der Waals surface area (Å²) in [4.78, 5) is 22.1. The summed E-state index contributed by atoms with van der Waals surface area (Å²) >= 11 is 0. The maximum Gasteiger partial charge on any atom is 0.293 e. The Labute approximate surface area is 109 Å². The van der Waals surface area contributed by atoms with Crippen LogP contribution in [-0.2, 0) is 9.53 Å². The minimum absolute atomic E-state index is 0.136. The summed E-state index contributed by atoms with van der Waals surface area (Å²) in [5.41, 5.74) is 0.0632. The van der Waals surface area contributed by atoms with Crippen molar-refractivity contribution in [3.8, 4) is 0 Å². The highest BCUT2D eigenvalue weighted by atomic mass is 16.6. The van der Waals surface area contributed by atoms with Crippen LogP contribution >= 0.6 is 0 Å². The molecule has 0 bridgehead atoms. The van der Waals surface area contributed by atoms with Gasteiger partial charge in [0.05, 0.1) is 4.92 Å². The fourth-order valence-corrected chi connectivity index (χ4v) is 1.85. The molecule has 0 saturated heterocycles. The molecule has 2 aromatic rings. The van der Waals surface area contributed by atoms with E-state index < -0.39 is 10.8 Å². The van der Waals surface area contributed by atoms with Gasteiger partial charge in [-0.05, 0) is 11.5 Å². The number of methoxy groups -OCH3 is 1. The topological polar surface area (TPSA) is 81.5 Å². The van der Waals surface area contributed by atoms with Crippen molar-refractivity contribution >= 4 is 28.1 Å². The van der Waals surface area contributed by atoms with Crippen LogP contribution in [0.1, 0.15) is 0 Å². The molecule has 0 fully saturated rings. The third-order valence-corrected chi connectivity index (χ3v) is 2.64. The number of ether oxygens (including phenoxy) is 1. The Kier molecular flexibility index (Phi) is 3.72. The van der Waals surface area contributed by atoms with Crippen molar-refractivity contribution in [2.75, 3.05) is 19.0 Å². The molecule has 1 amide bonds. The van der Waals surface area contributed by atoms with E-state index in [0.29, 0.717) is 5.39 Å². The van der Waals surface area contributed by atoms with Gasteiger partial charge in [-0.1, -0.05) is 24.3 Å². The van der Waals surface area contributed by atoms with Crippen LogP contribution < -0.4 is 5.32 Å². The van der Waals surface area contributed by atoms with E-state index in [9.17, 15) is 14.9 Å². The Morgan fingerprint density at radius 3 is 2.74 bits per heavy atom. The first-order valence-electron chi connectivity index (χ1n) is 5.58. The van der Waals surface area contributed by atoms with Gasteiger partial charge in [0.15, 0.2) is 0 Å². The molecular weight excluding hydrogens is 248 g/mol. The summed E-state index contributed by atoms with van der Waals surface area (Å²) in [6, 6.07) is 10.2. The zero-order valence-corrected chi connectivity index (χ0v) is 10.3. The predicted molar refractivity (Wildman–Crippen MR) is 71.1 cm³/mol. The van der Waals surface area contributed by atoms with Crippen molar-refractivity contribution in [2.45, 2.75) is 0 Å². The zero-order chi connectivity index (χ0) is 13.8. The van der Waals surface area contributed by atoms with E-state index in [1.165, 1.54) is 13.2 Å². The summed E-state index contributed by atoms with van der Waals surface area (Å²) in [5.74, 6) is -0.429. The number of nitro groups is 1. The number of hydrogen-bond donors (Lipinski definition) is 1. The zero-order valence-electron chi connectivity index (χ0n) is 10.3. The monoisotopic (exact) mass is 260 g/mol. The van der Waals surface area contributed by atoms with Crippen LogP contribution in [0.4, 0.5) is 11.4 Å². The smallest absolute Gasteiger partial charge is 0.293 e. The van der Waals surface area contributed by atoms with Crippen molar-refractivity contribution in [3.63, 3.8) is 0 Å². The fourth-order valence-electron chi connectivity index (χ4n) is 1.85. The second-order valence-electron chi connectivity index (χ2n) is 3.92. The Morgan fingerprint density at radius 2 is 2.05 bits per heavy atom. The molecule has 0 aromatic heterocycles. The lowest BCUT2D eigenvalue weighted by molar-refractivity contribution is -0.383. The Balaban J connectivity index is 2.56. The van der Waals surface area contributed by atoms with E-state index in [-0.39, 0.29) is 18.0 Å². The van der Waals surface area contributed by atoms with Crippen molar-refractivity contribution < 1.29 is 14.5 Å². The Bertz CT molecular complexity index is 640. The summed E-state index contributed by atoms with van der Waals surface area (Å²) in [6.07, 6.45) is 0. The van der Waals surface area contributed by atoms with Gasteiger partial charge in [-0.25, -0.2) is 0 Å². The SMILES string of the molecule is COCC(=O)Nc1c([N+](=O)[O-])ccc2ccccc12. The molecule has 6 heteroatoms. The van der Waals surface area contributed by atoms with Gasteiger partial charge < -0.3 is 10.1 Å². The van der Waals surface area contributed by atoms with Gasteiger partial charge in [0.2, 0.25) is 0 Å². The number of hydrogen-bond acceptors (Lipinski definition) is 4. The highest BCUT2D eigenvalue weighted by Crippen LogP contribution is 2.32. The van der Waals surface area contributed by atoms with Crippen LogP contribution in [-0.4, -0.2) is 24.5 Å². The molecule has 0 aliphatic carbocycles. The van der Waals surface area contributed by atoms with Gasteiger partial charge in [-0.2, -0.15) is 0 Å². The van der Waals surface area contributed by atoms with Crippen molar-refractivity contribution in [3.05, 3.63) is 46.5 Å². The van der Waals surface area contributed by atoms with Crippen molar-refractivity contribution in [2.24, 2.45) is 0 Å². The van der Waals surface area contributed by atoms with Crippen LogP contribution in [0.3, 0.4) is 0 Å². The molecule has 6 nitrogen and oxygen atoms in total. The van der Waals surface area contributed by atoms with E-state index in [1.54, 1.807) is 18.2 Å². The summed E-state index contributed by atoms with van der Waals surface area (Å²) in [5, 5.41) is 15.0. The number of nitrogens with zero attached hydrogens (tertiary/aromatic N) is 1. The fraction of sp³-hybridized carbons (Fsp3) is 0.154. The maximum absolute atomic E-state index is 11.6. The van der Waals surface area contributed by atoms with Gasteiger partial charge in [0, 0.05) is 18.6 Å². The molecule has 0 atom stereocenters. The number of rotatable bonds is 4. The first-order valence-corrected chi connectivity index (χ1v) is 5.58. The molecule has 0 aliphatic heterocycles. The Morgan fingerprint density at radius 1 is 1.32 bits per heavy atom. The number of nitrogens with one attached hydrogen (secondary N) is 1. The Hall–Kier alpha value is -2.47. The maximum atomic E-state index is 11.6. The highest BCUT2D eigenvalue weighted by Gasteiger charge is 2.18. The third-order valence-electron chi connectivity index (χ3n) is 2.64. The van der Waals surface area contributed by atoms with E-state index in [1.807, 2.05) is 12.1 Å². The highest BCUT2D eigenvalue weighted by molar-refractivity contribution is 6.06. The minimum Gasteiger partial charge on any atom is -0.375 e. The number of carbonyl (C=O) groups is 1. The van der Waals surface area contributed by atoms with E-state index in [0.717, 1.165) is 5.39 Å². The molecule has 98 valence electrons. The van der Waals surface area contributed by atoms with E-state index in [4.69, 9.17) is 4.74 Å². The van der Waals surface area contributed by atoms with E-state index >= 15 is 0 Å². The van der Waals surface area contributed by atoms with Crippen molar-refractivity contribution in [1.29, 1.82) is 0 Å². The number of amides is 1. The molecule has 0 heterocycles. The van der Waals surface area contributed by atoms with Crippen LogP contribution in [0.25, 0.3) is 10.8 Å². The lowest BCUT2D eigenvalue weighted by Gasteiger charge is -2.09. The second kappa shape index (κ2) is 5.45. The average molecular weight is 260 g/mol. The minimum atomic E-state index is -0.519. The lowest BCUT2D eigenvalue weighted by atomic mass is 10.1. The summed E-state index contributed by atoms with van der Waals surface area (Å²) < 4.78 is 4.71. The van der Waals surface area contributed by atoms with Gasteiger partial charge in [-0.3, -0.25) is 14.9 Å². The van der Waals surface area contributed by atoms with Crippen LogP contribution in [0.15, 0.2) is 36.4 Å². The molecule has 0 aliphatic rings. The van der Waals surface area contributed by atoms with Gasteiger partial charge in [0.25, 0.3) is 11.6 Å². The second-order valence-corrected chi connectivity index (χ2v) is 3.92. The normalized spacial score (nSPS) is 10.4. The summed E-state index contributed by atoms with van der Waals surface area (Å²) in [7, 11) is 1.39. The van der Waals surface area contributed by atoms with Crippen molar-refractivity contribution in [1.82, 2.24) is 0 Å². The number of fused-ring (bicyclic) bond motifs is 1. The predicted octanol–water partition coefficient (Wildman–Crippen LogP) is 2.33. The molecular formula is C13H12N2O4. The quantitative estimate of drug-likeness (QED) is 0.675. The largest absolute Gasteiger partial charge is 0.375 e. The molecule has 0 saturated carbocycles. The van der Waals surface area contributed by atoms with Crippen LogP contribution in [0, 0.1) is 10.1 Å². The number of anilines is 1. The van der Waals surface area contributed by atoms with Crippen LogP contribution in [0.2, 0.25) is 0 Å². The van der Waals surface area contributed by atoms with E-state index in [2.05, 4.69) is 5.32 Å².